The van der Waals surface area contributed by atoms with Gasteiger partial charge in [-0.15, -0.1) is 13.2 Å². The van der Waals surface area contributed by atoms with Crippen molar-refractivity contribution in [2.45, 2.75) is 6.10 Å². The number of halogens is 2. The summed E-state index contributed by atoms with van der Waals surface area (Å²) in [6, 6.07) is 5.41. The van der Waals surface area contributed by atoms with Crippen molar-refractivity contribution in [3.63, 3.8) is 0 Å². The van der Waals surface area contributed by atoms with Crippen LogP contribution in [0.2, 0.25) is 10.0 Å². The number of hydrogen-bond acceptors (Lipinski definition) is 2. The van der Waals surface area contributed by atoms with Crippen LogP contribution in [0.4, 0.5) is 0 Å². The van der Waals surface area contributed by atoms with E-state index in [4.69, 9.17) is 27.9 Å². The molecule has 0 aromatic heterocycles. The van der Waals surface area contributed by atoms with Gasteiger partial charge in [-0.25, -0.2) is 0 Å². The summed E-state index contributed by atoms with van der Waals surface area (Å²) in [6.45, 7) is 9.15. The van der Waals surface area contributed by atoms with E-state index in [9.17, 15) is 0 Å². The Labute approximate surface area is 118 Å². The number of benzene rings is 1. The van der Waals surface area contributed by atoms with Gasteiger partial charge in [-0.3, -0.25) is 0 Å². The molecule has 2 nitrogen and oxygen atoms in total. The van der Waals surface area contributed by atoms with Crippen molar-refractivity contribution in [1.82, 2.24) is 5.32 Å². The van der Waals surface area contributed by atoms with Crippen molar-refractivity contribution in [1.29, 1.82) is 0 Å². The molecule has 0 aliphatic heterocycles. The maximum absolute atomic E-state index is 6.18. The van der Waals surface area contributed by atoms with Gasteiger partial charge in [0.05, 0.1) is 12.7 Å². The molecular weight excluding hydrogens is 269 g/mol. The van der Waals surface area contributed by atoms with Crippen LogP contribution in [0.25, 0.3) is 0 Å². The standard InChI is InChI=1S/C14H17Cl2NO/c1-3-7-17-10-14(18-8-4-2)12-6-5-11(15)9-13(12)16/h3-6,9,14,17H,1-2,7-8,10H2. The zero-order valence-corrected chi connectivity index (χ0v) is 11.7. The van der Waals surface area contributed by atoms with E-state index in [0.717, 1.165) is 12.1 Å². The van der Waals surface area contributed by atoms with Crippen LogP contribution >= 0.6 is 23.2 Å². The molecule has 0 aliphatic carbocycles. The molecule has 0 saturated heterocycles. The van der Waals surface area contributed by atoms with Crippen molar-refractivity contribution in [2.75, 3.05) is 19.7 Å². The second kappa shape index (κ2) is 8.33. The molecule has 0 radical (unpaired) electrons. The smallest absolute Gasteiger partial charge is 0.0967 e. The summed E-state index contributed by atoms with van der Waals surface area (Å²) in [5, 5.41) is 4.44. The molecule has 18 heavy (non-hydrogen) atoms. The summed E-state index contributed by atoms with van der Waals surface area (Å²) in [7, 11) is 0. The molecule has 1 N–H and O–H groups in total. The summed E-state index contributed by atoms with van der Waals surface area (Å²) in [5.74, 6) is 0. The molecule has 1 aromatic rings. The molecule has 0 amide bonds. The van der Waals surface area contributed by atoms with Crippen LogP contribution in [0.5, 0.6) is 0 Å². The topological polar surface area (TPSA) is 21.3 Å². The molecule has 4 heteroatoms. The van der Waals surface area contributed by atoms with Gasteiger partial charge in [0, 0.05) is 28.7 Å². The second-order valence-electron chi connectivity index (χ2n) is 3.72. The van der Waals surface area contributed by atoms with Gasteiger partial charge >= 0.3 is 0 Å². The fourth-order valence-electron chi connectivity index (χ4n) is 1.52. The highest BCUT2D eigenvalue weighted by molar-refractivity contribution is 6.35. The first kappa shape index (κ1) is 15.3. The SMILES string of the molecule is C=CCNCC(OCC=C)c1ccc(Cl)cc1Cl. The first-order valence-electron chi connectivity index (χ1n) is 5.68. The third kappa shape index (κ3) is 4.83. The molecule has 0 aliphatic rings. The second-order valence-corrected chi connectivity index (χ2v) is 4.57. The van der Waals surface area contributed by atoms with E-state index in [2.05, 4.69) is 18.5 Å². The Bertz CT molecular complexity index is 407. The van der Waals surface area contributed by atoms with E-state index in [1.807, 2.05) is 6.07 Å². The zero-order valence-electron chi connectivity index (χ0n) is 10.2. The van der Waals surface area contributed by atoms with Crippen LogP contribution in [0.15, 0.2) is 43.5 Å². The van der Waals surface area contributed by atoms with Gasteiger partial charge in [0.1, 0.15) is 0 Å². The summed E-state index contributed by atoms with van der Waals surface area (Å²) in [6.07, 6.45) is 3.38. The maximum Gasteiger partial charge on any atom is 0.0967 e. The number of rotatable bonds is 8. The van der Waals surface area contributed by atoms with Gasteiger partial charge in [0.25, 0.3) is 0 Å². The summed E-state index contributed by atoms with van der Waals surface area (Å²) in [4.78, 5) is 0. The number of nitrogens with one attached hydrogen (secondary N) is 1. The highest BCUT2D eigenvalue weighted by atomic mass is 35.5. The predicted molar refractivity (Wildman–Crippen MR) is 78.4 cm³/mol. The lowest BCUT2D eigenvalue weighted by Crippen LogP contribution is -2.23. The Hall–Kier alpha value is -0.800. The molecule has 0 saturated carbocycles. The van der Waals surface area contributed by atoms with Gasteiger partial charge in [-0.1, -0.05) is 41.4 Å². The molecule has 1 unspecified atom stereocenters. The molecule has 1 aromatic carbocycles. The van der Waals surface area contributed by atoms with Crippen molar-refractivity contribution < 1.29 is 4.74 Å². The number of ether oxygens (including phenoxy) is 1. The fraction of sp³-hybridized carbons (Fsp3) is 0.286. The average Bonchev–Trinajstić information content (AvgIpc) is 2.34. The van der Waals surface area contributed by atoms with Gasteiger partial charge in [-0.05, 0) is 12.1 Å². The van der Waals surface area contributed by atoms with Gasteiger partial charge in [0.2, 0.25) is 0 Å². The largest absolute Gasteiger partial charge is 0.368 e. The highest BCUT2D eigenvalue weighted by Crippen LogP contribution is 2.28. The molecule has 0 heterocycles. The highest BCUT2D eigenvalue weighted by Gasteiger charge is 2.14. The van der Waals surface area contributed by atoms with E-state index in [0.29, 0.717) is 23.2 Å². The molecule has 0 fully saturated rings. The third-order valence-corrected chi connectivity index (χ3v) is 2.91. The summed E-state index contributed by atoms with van der Waals surface area (Å²) < 4.78 is 5.70. The Kier molecular flexibility index (Phi) is 7.06. The molecule has 0 spiro atoms. The maximum atomic E-state index is 6.18. The molecule has 1 atom stereocenters. The van der Waals surface area contributed by atoms with Crippen LogP contribution in [0.1, 0.15) is 11.7 Å². The van der Waals surface area contributed by atoms with E-state index in [1.54, 1.807) is 24.3 Å². The van der Waals surface area contributed by atoms with Crippen LogP contribution in [-0.4, -0.2) is 19.7 Å². The fourth-order valence-corrected chi connectivity index (χ4v) is 2.05. The lowest BCUT2D eigenvalue weighted by molar-refractivity contribution is 0.0747. The van der Waals surface area contributed by atoms with Crippen molar-refractivity contribution >= 4 is 23.2 Å². The lowest BCUT2D eigenvalue weighted by Gasteiger charge is -2.19. The van der Waals surface area contributed by atoms with E-state index < -0.39 is 0 Å². The van der Waals surface area contributed by atoms with Gasteiger partial charge in [-0.2, -0.15) is 0 Å². The molecule has 0 bridgehead atoms. The first-order valence-corrected chi connectivity index (χ1v) is 6.43. The van der Waals surface area contributed by atoms with Gasteiger partial charge < -0.3 is 10.1 Å². The van der Waals surface area contributed by atoms with Crippen molar-refractivity contribution in [2.24, 2.45) is 0 Å². The molecular formula is C14H17Cl2NO. The number of hydrogen-bond donors (Lipinski definition) is 1. The van der Waals surface area contributed by atoms with Crippen LogP contribution < -0.4 is 5.32 Å². The van der Waals surface area contributed by atoms with Crippen LogP contribution in [0, 0.1) is 0 Å². The van der Waals surface area contributed by atoms with Crippen LogP contribution in [-0.2, 0) is 4.74 Å². The molecule has 98 valence electrons. The minimum absolute atomic E-state index is 0.132. The third-order valence-electron chi connectivity index (χ3n) is 2.34. The van der Waals surface area contributed by atoms with E-state index in [-0.39, 0.29) is 6.10 Å². The Morgan fingerprint density at radius 3 is 2.67 bits per heavy atom. The average molecular weight is 286 g/mol. The van der Waals surface area contributed by atoms with Crippen molar-refractivity contribution in [3.05, 3.63) is 59.1 Å². The minimum Gasteiger partial charge on any atom is -0.368 e. The summed E-state index contributed by atoms with van der Waals surface area (Å²) in [5.41, 5.74) is 0.916. The summed E-state index contributed by atoms with van der Waals surface area (Å²) >= 11 is 12.1. The zero-order chi connectivity index (χ0) is 13.4. The molecule has 1 rings (SSSR count). The van der Waals surface area contributed by atoms with Gasteiger partial charge in [0.15, 0.2) is 0 Å². The quantitative estimate of drug-likeness (QED) is 0.576. The lowest BCUT2D eigenvalue weighted by atomic mass is 10.1. The van der Waals surface area contributed by atoms with Crippen molar-refractivity contribution in [3.8, 4) is 0 Å². The van der Waals surface area contributed by atoms with E-state index in [1.165, 1.54) is 0 Å². The first-order chi connectivity index (χ1) is 8.69. The van der Waals surface area contributed by atoms with Crippen LogP contribution in [0.3, 0.4) is 0 Å². The monoisotopic (exact) mass is 285 g/mol. The predicted octanol–water partition coefficient (Wildman–Crippen LogP) is 4.01. The Morgan fingerprint density at radius 2 is 2.06 bits per heavy atom. The Balaban J connectivity index is 2.78. The van der Waals surface area contributed by atoms with E-state index >= 15 is 0 Å². The normalized spacial score (nSPS) is 12.1. The minimum atomic E-state index is -0.132. The Morgan fingerprint density at radius 1 is 1.28 bits per heavy atom.